The van der Waals surface area contributed by atoms with Crippen molar-refractivity contribution < 1.29 is 20.1 Å². The van der Waals surface area contributed by atoms with Crippen LogP contribution in [0, 0.1) is 57.7 Å². The van der Waals surface area contributed by atoms with Crippen LogP contribution in [-0.4, -0.2) is 57.8 Å². The van der Waals surface area contributed by atoms with Crippen LogP contribution in [0.1, 0.15) is 58.4 Å². The van der Waals surface area contributed by atoms with Crippen molar-refractivity contribution in [1.29, 1.82) is 0 Å². The van der Waals surface area contributed by atoms with Crippen molar-refractivity contribution in [2.75, 3.05) is 23.9 Å². The molecule has 14 atom stereocenters. The molecule has 7 aliphatic rings. The average Bonchev–Trinajstić information content (AvgIpc) is 3.52. The zero-order valence-corrected chi connectivity index (χ0v) is 26.5. The summed E-state index contributed by atoms with van der Waals surface area (Å²) in [4.78, 5) is 0. The van der Waals surface area contributed by atoms with Gasteiger partial charge in [-0.15, -0.1) is 0 Å². The quantitative estimate of drug-likeness (QED) is 0.297. The number of anilines is 1. The van der Waals surface area contributed by atoms with Crippen LogP contribution in [0.15, 0.2) is 36.1 Å². The van der Waals surface area contributed by atoms with Gasteiger partial charge in [0, 0.05) is 29.7 Å². The summed E-state index contributed by atoms with van der Waals surface area (Å²) >= 11 is 0. The second-order valence-corrected chi connectivity index (χ2v) is 17.9. The van der Waals surface area contributed by atoms with Gasteiger partial charge in [-0.1, -0.05) is 47.6 Å². The number of aliphatic hydroxyl groups excluding tert-OH is 2. The van der Waals surface area contributed by atoms with Crippen LogP contribution in [0.5, 0.6) is 0 Å². The molecule has 1 aromatic rings. The number of ether oxygens (including phenoxy) is 1. The van der Waals surface area contributed by atoms with Gasteiger partial charge in [0.25, 0.3) is 0 Å². The Bertz CT molecular complexity index is 1270. The van der Waals surface area contributed by atoms with E-state index in [9.17, 15) is 15.3 Å². The summed E-state index contributed by atoms with van der Waals surface area (Å²) in [5.41, 5.74) is 1.32. The maximum absolute atomic E-state index is 12.7. The topological polar surface area (TPSA) is 82.0 Å². The van der Waals surface area contributed by atoms with Gasteiger partial charge in [0.15, 0.2) is 0 Å². The van der Waals surface area contributed by atoms with Crippen molar-refractivity contribution in [3.8, 4) is 0 Å². The van der Waals surface area contributed by atoms with Gasteiger partial charge in [0.05, 0.1) is 23.8 Å². The molecule has 14 unspecified atom stereocenters. The van der Waals surface area contributed by atoms with Crippen molar-refractivity contribution in [2.24, 2.45) is 57.7 Å². The Labute approximate surface area is 253 Å². The van der Waals surface area contributed by atoms with E-state index in [-0.39, 0.29) is 28.2 Å². The predicted molar refractivity (Wildman–Crippen MR) is 167 cm³/mol. The minimum absolute atomic E-state index is 0.0289. The van der Waals surface area contributed by atoms with Gasteiger partial charge in [-0.2, -0.15) is 0 Å². The third kappa shape index (κ3) is 3.24. The lowest BCUT2D eigenvalue weighted by molar-refractivity contribution is -0.188. The molecule has 5 nitrogen and oxygen atoms in total. The van der Waals surface area contributed by atoms with Gasteiger partial charge in [-0.3, -0.25) is 0 Å². The largest absolute Gasteiger partial charge is 0.512 e. The second kappa shape index (κ2) is 9.09. The maximum atomic E-state index is 12.7. The summed E-state index contributed by atoms with van der Waals surface area (Å²) < 4.78 is 5.94. The summed E-state index contributed by atoms with van der Waals surface area (Å²) in [5.74, 6) is 5.73. The van der Waals surface area contributed by atoms with Gasteiger partial charge in [-0.05, 0) is 116 Å². The first-order chi connectivity index (χ1) is 19.6. The van der Waals surface area contributed by atoms with E-state index in [0.717, 1.165) is 30.0 Å². The van der Waals surface area contributed by atoms with Gasteiger partial charge in [0.2, 0.25) is 0 Å². The molecular weight excluding hydrogens is 551 g/mol. The minimum Gasteiger partial charge on any atom is -0.512 e. The van der Waals surface area contributed by atoms with E-state index in [1.807, 2.05) is 34.6 Å². The lowest BCUT2D eigenvalue weighted by Gasteiger charge is -2.63. The molecule has 5 fully saturated rings. The Morgan fingerprint density at radius 2 is 1.83 bits per heavy atom. The molecule has 7 heteroatoms. The number of hydrogen-bond acceptors (Lipinski definition) is 7. The number of nitrogens with one attached hydrogen (secondary N) is 1. The van der Waals surface area contributed by atoms with Crippen molar-refractivity contribution in [3.05, 3.63) is 41.7 Å². The van der Waals surface area contributed by atoms with Crippen molar-refractivity contribution in [2.45, 2.75) is 83.1 Å². The van der Waals surface area contributed by atoms with Crippen LogP contribution in [-0.2, 0) is 11.2 Å². The number of methoxy groups -OCH3 is 1. The Balaban J connectivity index is 1.22. The van der Waals surface area contributed by atoms with Gasteiger partial charge in [0.1, 0.15) is 11.7 Å². The fraction of sp³-hybridized carbons (Fsp3) is 0.765. The molecule has 0 amide bonds. The summed E-state index contributed by atoms with van der Waals surface area (Å²) in [6.07, 6.45) is 8.29. The van der Waals surface area contributed by atoms with E-state index >= 15 is 0 Å². The molecule has 6 aliphatic carbocycles. The van der Waals surface area contributed by atoms with Crippen LogP contribution < -0.4 is 5.32 Å². The zero-order chi connectivity index (χ0) is 28.5. The van der Waals surface area contributed by atoms with Crippen LogP contribution in [0.4, 0.5) is 5.69 Å². The minimum atomic E-state index is -1.04. The number of hydrogen-bond donors (Lipinski definition) is 4. The van der Waals surface area contributed by atoms with Gasteiger partial charge < -0.3 is 25.4 Å². The molecule has 0 aromatic heterocycles. The highest BCUT2D eigenvalue weighted by Gasteiger charge is 2.88. The molecule has 8 rings (SSSR count). The smallest absolute Gasteiger partial charge is 0.110 e. The Hall–Kier alpha value is -0.860. The molecule has 8 bridgehead atoms. The summed E-state index contributed by atoms with van der Waals surface area (Å²) in [5, 5.41) is 38.2. The molecule has 41 heavy (non-hydrogen) atoms. The molecule has 5 saturated carbocycles. The molecule has 0 saturated heterocycles. The monoisotopic (exact) mass is 597 g/mol. The number of fused-ring (bicyclic) bond motifs is 8. The SMILES string of the molecule is COC1C=C(O)C2C3C4CC(C)(C12O)C3(C)C12CC3Cc5cccc(c5)NC(C(C)O)CSSCC3C1CCC4C2. The molecular formula is C34H47NO4S2. The fourth-order valence-electron chi connectivity index (χ4n) is 13.0. The average molecular weight is 598 g/mol. The number of rotatable bonds is 2. The van der Waals surface area contributed by atoms with E-state index in [1.165, 1.54) is 31.2 Å². The molecule has 1 spiro atoms. The maximum Gasteiger partial charge on any atom is 0.110 e. The Morgan fingerprint density at radius 1 is 1.05 bits per heavy atom. The van der Waals surface area contributed by atoms with Crippen molar-refractivity contribution >= 4 is 27.3 Å². The van der Waals surface area contributed by atoms with E-state index in [1.54, 1.807) is 7.11 Å². The van der Waals surface area contributed by atoms with Gasteiger partial charge in [-0.25, -0.2) is 0 Å². The van der Waals surface area contributed by atoms with E-state index in [0.29, 0.717) is 41.3 Å². The van der Waals surface area contributed by atoms with Crippen molar-refractivity contribution in [1.82, 2.24) is 0 Å². The lowest BCUT2D eigenvalue weighted by Crippen LogP contribution is -2.60. The first-order valence-corrected chi connectivity index (χ1v) is 18.5. The highest BCUT2D eigenvalue weighted by Crippen LogP contribution is 2.89. The molecule has 224 valence electrons. The fourth-order valence-corrected chi connectivity index (χ4v) is 15.8. The van der Waals surface area contributed by atoms with E-state index < -0.39 is 17.8 Å². The van der Waals surface area contributed by atoms with E-state index in [2.05, 4.69) is 43.4 Å². The standard InChI is InChI=1S/C34H47NO4S2/c1-18(36)26-17-41-40-16-24-21(10-19-6-5-7-22(11-19)35-26)14-33-13-20(8-9-25(24)33)23-15-31(2)32(33,3)29(23)30-27(37)12-28(39-4)34(30,31)38/h5-7,11-12,18,20-21,23-26,28-30,35-38H,8-10,13-17H2,1-4H3. The predicted octanol–water partition coefficient (Wildman–Crippen LogP) is 6.32. The number of aliphatic hydroxyl groups is 3. The van der Waals surface area contributed by atoms with E-state index in [4.69, 9.17) is 4.74 Å². The molecule has 4 N–H and O–H groups in total. The summed E-state index contributed by atoms with van der Waals surface area (Å²) in [7, 11) is 5.64. The molecule has 0 radical (unpaired) electrons. The highest BCUT2D eigenvalue weighted by atomic mass is 33.1. The first-order valence-electron chi connectivity index (χ1n) is 16.0. The van der Waals surface area contributed by atoms with Crippen LogP contribution in [0.25, 0.3) is 0 Å². The third-order valence-corrected chi connectivity index (χ3v) is 17.0. The Kier molecular flexibility index (Phi) is 6.14. The Morgan fingerprint density at radius 3 is 2.61 bits per heavy atom. The molecule has 1 aliphatic heterocycles. The molecule has 1 aromatic carbocycles. The summed E-state index contributed by atoms with van der Waals surface area (Å²) in [6.45, 7) is 6.85. The number of benzene rings is 1. The van der Waals surface area contributed by atoms with Crippen LogP contribution >= 0.6 is 21.6 Å². The second-order valence-electron chi connectivity index (χ2n) is 15.4. The third-order valence-electron chi connectivity index (χ3n) is 14.5. The van der Waals surface area contributed by atoms with Crippen LogP contribution in [0.2, 0.25) is 0 Å². The van der Waals surface area contributed by atoms with Crippen molar-refractivity contribution in [3.63, 3.8) is 0 Å². The van der Waals surface area contributed by atoms with Crippen LogP contribution in [0.3, 0.4) is 0 Å². The first kappa shape index (κ1) is 27.7. The lowest BCUT2D eigenvalue weighted by atomic mass is 9.41. The highest BCUT2D eigenvalue weighted by molar-refractivity contribution is 8.76. The van der Waals surface area contributed by atoms with Gasteiger partial charge >= 0.3 is 0 Å². The molecule has 1 heterocycles. The summed E-state index contributed by atoms with van der Waals surface area (Å²) in [6, 6.07) is 8.97. The normalized spacial score (nSPS) is 53.7. The zero-order valence-electron chi connectivity index (χ0n) is 24.9.